The first-order chi connectivity index (χ1) is 10.8. The molecule has 130 valence electrons. The summed E-state index contributed by atoms with van der Waals surface area (Å²) in [7, 11) is -0.940. The van der Waals surface area contributed by atoms with Crippen LogP contribution in [0.4, 0.5) is 4.79 Å². The van der Waals surface area contributed by atoms with E-state index in [1.54, 1.807) is 0 Å². The molecule has 6 nitrogen and oxygen atoms in total. The molecule has 1 N–H and O–H groups in total. The number of aromatic nitrogens is 2. The summed E-state index contributed by atoms with van der Waals surface area (Å²) in [4.78, 5) is 14.1. The minimum Gasteiger partial charge on any atom is -0.337 e. The van der Waals surface area contributed by atoms with Crippen LogP contribution in [-0.4, -0.2) is 55.1 Å². The number of aryl methyl sites for hydroxylation is 1. The second-order valence-corrected chi connectivity index (χ2v) is 9.46. The first kappa shape index (κ1) is 18.0. The zero-order chi connectivity index (χ0) is 17.0. The van der Waals surface area contributed by atoms with Crippen LogP contribution in [0.1, 0.15) is 45.2 Å². The lowest BCUT2D eigenvalue weighted by Crippen LogP contribution is -2.47. The topological polar surface area (TPSA) is 67.2 Å². The number of hydrogen-bond donors (Lipinski definition) is 1. The SMILES string of the molecule is Cc1cnn([C@H]2CCCN(C(=O)NCC[S@@](=O)C(C)(C)C)C2)c1. The largest absolute Gasteiger partial charge is 0.337 e. The summed E-state index contributed by atoms with van der Waals surface area (Å²) < 4.78 is 13.7. The molecule has 2 atom stereocenters. The van der Waals surface area contributed by atoms with Crippen LogP contribution in [0.2, 0.25) is 0 Å². The first-order valence-electron chi connectivity index (χ1n) is 8.19. The molecule has 1 fully saturated rings. The van der Waals surface area contributed by atoms with Crippen molar-refractivity contribution < 1.29 is 9.00 Å². The van der Waals surface area contributed by atoms with E-state index in [-0.39, 0.29) is 16.8 Å². The van der Waals surface area contributed by atoms with Gasteiger partial charge in [-0.15, -0.1) is 0 Å². The molecule has 1 aliphatic heterocycles. The van der Waals surface area contributed by atoms with Crippen LogP contribution in [0.5, 0.6) is 0 Å². The average Bonchev–Trinajstić information content (AvgIpc) is 2.93. The van der Waals surface area contributed by atoms with E-state index in [0.717, 1.165) is 24.9 Å². The Morgan fingerprint density at radius 3 is 2.83 bits per heavy atom. The molecule has 2 heterocycles. The quantitative estimate of drug-likeness (QED) is 0.912. The molecular formula is C16H28N4O2S. The predicted octanol–water partition coefficient (Wildman–Crippen LogP) is 2.09. The number of rotatable bonds is 4. The van der Waals surface area contributed by atoms with Crippen molar-refractivity contribution in [2.75, 3.05) is 25.4 Å². The molecule has 0 spiro atoms. The number of likely N-dealkylation sites (tertiary alicyclic amines) is 1. The van der Waals surface area contributed by atoms with Crippen molar-refractivity contribution in [2.45, 2.75) is 51.3 Å². The number of carbonyl (C=O) groups excluding carboxylic acids is 1. The van der Waals surface area contributed by atoms with Gasteiger partial charge >= 0.3 is 6.03 Å². The predicted molar refractivity (Wildman–Crippen MR) is 93.0 cm³/mol. The van der Waals surface area contributed by atoms with E-state index in [2.05, 4.69) is 10.4 Å². The van der Waals surface area contributed by atoms with Gasteiger partial charge in [-0.25, -0.2) is 4.79 Å². The van der Waals surface area contributed by atoms with E-state index in [1.807, 2.05) is 49.7 Å². The Kier molecular flexibility index (Phi) is 5.84. The highest BCUT2D eigenvalue weighted by Gasteiger charge is 2.25. The second kappa shape index (κ2) is 7.47. The van der Waals surface area contributed by atoms with Gasteiger partial charge in [-0.05, 0) is 46.1 Å². The lowest BCUT2D eigenvalue weighted by Gasteiger charge is -2.33. The van der Waals surface area contributed by atoms with Gasteiger partial charge in [-0.1, -0.05) is 0 Å². The van der Waals surface area contributed by atoms with Crippen LogP contribution in [0.15, 0.2) is 12.4 Å². The van der Waals surface area contributed by atoms with Crippen LogP contribution < -0.4 is 5.32 Å². The highest BCUT2D eigenvalue weighted by Crippen LogP contribution is 2.21. The lowest BCUT2D eigenvalue weighted by atomic mass is 10.1. The number of carbonyl (C=O) groups is 1. The Morgan fingerprint density at radius 1 is 1.48 bits per heavy atom. The first-order valence-corrected chi connectivity index (χ1v) is 9.51. The van der Waals surface area contributed by atoms with Gasteiger partial charge in [0.1, 0.15) is 0 Å². The van der Waals surface area contributed by atoms with Crippen LogP contribution in [0.3, 0.4) is 0 Å². The molecular weight excluding hydrogens is 312 g/mol. The lowest BCUT2D eigenvalue weighted by molar-refractivity contribution is 0.164. The van der Waals surface area contributed by atoms with Crippen LogP contribution in [0, 0.1) is 6.92 Å². The van der Waals surface area contributed by atoms with Gasteiger partial charge in [-0.3, -0.25) is 8.89 Å². The van der Waals surface area contributed by atoms with Gasteiger partial charge in [0.05, 0.1) is 12.2 Å². The van der Waals surface area contributed by atoms with E-state index in [4.69, 9.17) is 0 Å². The molecule has 0 bridgehead atoms. The van der Waals surface area contributed by atoms with Gasteiger partial charge in [0, 0.05) is 47.1 Å². The normalized spacial score (nSPS) is 20.3. The van der Waals surface area contributed by atoms with E-state index in [9.17, 15) is 9.00 Å². The van der Waals surface area contributed by atoms with E-state index < -0.39 is 10.8 Å². The number of hydrogen-bond acceptors (Lipinski definition) is 3. The number of nitrogens with zero attached hydrogens (tertiary/aromatic N) is 3. The standard InChI is InChI=1S/C16H28N4O2S/c1-13-10-18-20(11-13)14-6-5-8-19(12-14)15(21)17-7-9-23(22)16(2,3)4/h10-11,14H,5-9,12H2,1-4H3,(H,17,21)/t14-,23+/m0/s1. The molecule has 2 rings (SSSR count). The molecule has 0 radical (unpaired) electrons. The van der Waals surface area contributed by atoms with Crippen molar-refractivity contribution >= 4 is 16.8 Å². The fraction of sp³-hybridized carbons (Fsp3) is 0.750. The van der Waals surface area contributed by atoms with Gasteiger partial charge in [-0.2, -0.15) is 5.10 Å². The third kappa shape index (κ3) is 5.06. The van der Waals surface area contributed by atoms with Crippen molar-refractivity contribution in [3.8, 4) is 0 Å². The Bertz CT molecular complexity index is 565. The second-order valence-electron chi connectivity index (χ2n) is 7.13. The summed E-state index contributed by atoms with van der Waals surface area (Å²) in [5.41, 5.74) is 1.14. The Balaban J connectivity index is 1.81. The summed E-state index contributed by atoms with van der Waals surface area (Å²) >= 11 is 0. The van der Waals surface area contributed by atoms with Crippen LogP contribution in [-0.2, 0) is 10.8 Å². The number of nitrogens with one attached hydrogen (secondary N) is 1. The Morgan fingerprint density at radius 2 is 2.22 bits per heavy atom. The summed E-state index contributed by atoms with van der Waals surface area (Å²) in [6.45, 7) is 9.77. The van der Waals surface area contributed by atoms with E-state index in [1.165, 1.54) is 0 Å². The van der Waals surface area contributed by atoms with Gasteiger partial charge < -0.3 is 10.2 Å². The van der Waals surface area contributed by atoms with Crippen molar-refractivity contribution in [1.29, 1.82) is 0 Å². The van der Waals surface area contributed by atoms with Gasteiger partial charge in [0.2, 0.25) is 0 Å². The molecule has 1 aromatic heterocycles. The molecule has 0 aliphatic carbocycles. The summed E-state index contributed by atoms with van der Waals surface area (Å²) in [6, 6.07) is 0.177. The highest BCUT2D eigenvalue weighted by atomic mass is 32.2. The minimum atomic E-state index is -0.940. The summed E-state index contributed by atoms with van der Waals surface area (Å²) in [5, 5.41) is 7.26. The molecule has 0 aromatic carbocycles. The molecule has 7 heteroatoms. The molecule has 23 heavy (non-hydrogen) atoms. The molecule has 0 saturated carbocycles. The third-order valence-electron chi connectivity index (χ3n) is 4.04. The summed E-state index contributed by atoms with van der Waals surface area (Å²) in [6.07, 6.45) is 5.89. The molecule has 1 saturated heterocycles. The van der Waals surface area contributed by atoms with Gasteiger partial charge in [0.15, 0.2) is 0 Å². The maximum Gasteiger partial charge on any atom is 0.317 e. The monoisotopic (exact) mass is 340 g/mol. The fourth-order valence-electron chi connectivity index (χ4n) is 2.66. The molecule has 1 aliphatic rings. The van der Waals surface area contributed by atoms with Crippen molar-refractivity contribution in [3.05, 3.63) is 18.0 Å². The number of piperidine rings is 1. The average molecular weight is 340 g/mol. The van der Waals surface area contributed by atoms with Crippen molar-refractivity contribution in [1.82, 2.24) is 20.0 Å². The van der Waals surface area contributed by atoms with Crippen molar-refractivity contribution in [2.24, 2.45) is 0 Å². The minimum absolute atomic E-state index is 0.0653. The van der Waals surface area contributed by atoms with Crippen LogP contribution in [0.25, 0.3) is 0 Å². The third-order valence-corrected chi connectivity index (χ3v) is 5.98. The maximum atomic E-state index is 12.3. The molecule has 2 amide bonds. The number of amides is 2. The van der Waals surface area contributed by atoms with Crippen LogP contribution >= 0.6 is 0 Å². The van der Waals surface area contributed by atoms with Gasteiger partial charge in [0.25, 0.3) is 0 Å². The van der Waals surface area contributed by atoms with E-state index in [0.29, 0.717) is 18.8 Å². The highest BCUT2D eigenvalue weighted by molar-refractivity contribution is 7.86. The molecule has 0 unspecified atom stereocenters. The zero-order valence-electron chi connectivity index (χ0n) is 14.5. The summed E-state index contributed by atoms with van der Waals surface area (Å²) in [5.74, 6) is 0.491. The Labute approximate surface area is 141 Å². The van der Waals surface area contributed by atoms with E-state index >= 15 is 0 Å². The fourth-order valence-corrected chi connectivity index (χ4v) is 3.56. The maximum absolute atomic E-state index is 12.3. The van der Waals surface area contributed by atoms with Crippen molar-refractivity contribution in [3.63, 3.8) is 0 Å². The zero-order valence-corrected chi connectivity index (χ0v) is 15.4. The molecule has 1 aromatic rings. The smallest absolute Gasteiger partial charge is 0.317 e. The Hall–Kier alpha value is -1.37. The number of urea groups is 1.